The highest BCUT2D eigenvalue weighted by molar-refractivity contribution is 5.75. The van der Waals surface area contributed by atoms with Gasteiger partial charge in [-0.25, -0.2) is 0 Å². The number of carbonyl (C=O) groups excluding carboxylic acids is 1. The molecular weight excluding hydrogens is 268 g/mol. The summed E-state index contributed by atoms with van der Waals surface area (Å²) in [4.78, 5) is 25.6. The molecule has 0 bridgehead atoms. The molecule has 0 unspecified atom stereocenters. The van der Waals surface area contributed by atoms with Gasteiger partial charge in [-0.1, -0.05) is 0 Å². The van der Waals surface area contributed by atoms with Gasteiger partial charge in [0.1, 0.15) is 6.54 Å². The van der Waals surface area contributed by atoms with Crippen LogP contribution < -0.4 is 16.6 Å². The number of hydrogen-bond donors (Lipinski definition) is 2. The van der Waals surface area contributed by atoms with Crippen molar-refractivity contribution in [3.63, 3.8) is 0 Å². The van der Waals surface area contributed by atoms with Crippen LogP contribution in [-0.2, 0) is 11.3 Å². The van der Waals surface area contributed by atoms with Gasteiger partial charge in [0.2, 0.25) is 5.91 Å². The van der Waals surface area contributed by atoms with Crippen molar-refractivity contribution in [2.24, 2.45) is 0 Å². The summed E-state index contributed by atoms with van der Waals surface area (Å²) >= 11 is 0. The van der Waals surface area contributed by atoms with E-state index in [-0.39, 0.29) is 18.0 Å². The van der Waals surface area contributed by atoms with Gasteiger partial charge in [0.15, 0.2) is 0 Å². The van der Waals surface area contributed by atoms with Gasteiger partial charge in [-0.2, -0.15) is 0 Å². The second kappa shape index (κ2) is 8.46. The summed E-state index contributed by atoms with van der Waals surface area (Å²) in [5.41, 5.74) is 5.85. The van der Waals surface area contributed by atoms with E-state index in [1.54, 1.807) is 0 Å². The Bertz CT molecular complexity index is 511. The quantitative estimate of drug-likeness (QED) is 0.691. The maximum absolute atomic E-state index is 11.8. The number of nitrogens with two attached hydrogens (primary N) is 1. The summed E-state index contributed by atoms with van der Waals surface area (Å²) in [6.07, 6.45) is 3.45. The fraction of sp³-hybridized carbons (Fsp3) is 0.600. The van der Waals surface area contributed by atoms with E-state index in [1.807, 2.05) is 0 Å². The second-order valence-electron chi connectivity index (χ2n) is 5.56. The fourth-order valence-corrected chi connectivity index (χ4v) is 1.86. The van der Waals surface area contributed by atoms with Crippen molar-refractivity contribution in [3.05, 3.63) is 28.7 Å². The molecule has 21 heavy (non-hydrogen) atoms. The van der Waals surface area contributed by atoms with Gasteiger partial charge >= 0.3 is 0 Å². The first-order valence-electron chi connectivity index (χ1n) is 7.33. The van der Waals surface area contributed by atoms with Crippen LogP contribution in [-0.4, -0.2) is 41.6 Å². The lowest BCUT2D eigenvalue weighted by atomic mass is 10.2. The first-order valence-corrected chi connectivity index (χ1v) is 7.33. The van der Waals surface area contributed by atoms with Crippen LogP contribution in [0, 0.1) is 0 Å². The zero-order valence-corrected chi connectivity index (χ0v) is 13.1. The highest BCUT2D eigenvalue weighted by Crippen LogP contribution is 1.98. The number of rotatable bonds is 8. The Hall–Kier alpha value is -1.82. The number of aromatic nitrogens is 1. The number of nitrogen functional groups attached to an aromatic ring is 1. The normalized spacial score (nSPS) is 11.1. The molecule has 1 aromatic heterocycles. The van der Waals surface area contributed by atoms with Gasteiger partial charge in [-0.15, -0.1) is 0 Å². The Balaban J connectivity index is 2.26. The largest absolute Gasteiger partial charge is 0.398 e. The van der Waals surface area contributed by atoms with Crippen molar-refractivity contribution in [3.8, 4) is 0 Å². The van der Waals surface area contributed by atoms with Crippen LogP contribution in [0.2, 0.25) is 0 Å². The van der Waals surface area contributed by atoms with Crippen LogP contribution in [0.25, 0.3) is 0 Å². The first-order chi connectivity index (χ1) is 9.90. The number of nitrogens with zero attached hydrogens (tertiary/aromatic N) is 2. The van der Waals surface area contributed by atoms with E-state index in [4.69, 9.17) is 5.73 Å². The average molecular weight is 294 g/mol. The predicted molar refractivity (Wildman–Crippen MR) is 85.1 cm³/mol. The van der Waals surface area contributed by atoms with Crippen LogP contribution in [0.15, 0.2) is 23.1 Å². The van der Waals surface area contributed by atoms with E-state index < -0.39 is 0 Å². The van der Waals surface area contributed by atoms with Gasteiger partial charge < -0.3 is 20.5 Å². The van der Waals surface area contributed by atoms with E-state index in [1.165, 1.54) is 22.9 Å². The minimum Gasteiger partial charge on any atom is -0.398 e. The van der Waals surface area contributed by atoms with Gasteiger partial charge in [-0.05, 0) is 46.3 Å². The molecule has 0 fully saturated rings. The monoisotopic (exact) mass is 294 g/mol. The highest BCUT2D eigenvalue weighted by Gasteiger charge is 2.05. The van der Waals surface area contributed by atoms with Gasteiger partial charge in [0.05, 0.1) is 0 Å². The van der Waals surface area contributed by atoms with Crippen LogP contribution in [0.1, 0.15) is 26.7 Å². The molecule has 3 N–H and O–H groups in total. The molecule has 1 heterocycles. The summed E-state index contributed by atoms with van der Waals surface area (Å²) in [6.45, 7) is 5.97. The van der Waals surface area contributed by atoms with Gasteiger partial charge in [0.25, 0.3) is 5.56 Å². The van der Waals surface area contributed by atoms with Crippen molar-refractivity contribution in [2.75, 3.05) is 25.9 Å². The topological polar surface area (TPSA) is 80.4 Å². The third-order valence-electron chi connectivity index (χ3n) is 3.46. The molecule has 1 rings (SSSR count). The van der Waals surface area contributed by atoms with E-state index in [0.717, 1.165) is 19.4 Å². The van der Waals surface area contributed by atoms with Crippen molar-refractivity contribution in [1.29, 1.82) is 0 Å². The molecule has 1 amide bonds. The Kier molecular flexibility index (Phi) is 6.94. The molecule has 0 aromatic carbocycles. The Morgan fingerprint density at radius 1 is 1.38 bits per heavy atom. The van der Waals surface area contributed by atoms with Crippen molar-refractivity contribution >= 4 is 11.6 Å². The minimum absolute atomic E-state index is 0.00969. The molecule has 0 atom stereocenters. The average Bonchev–Trinajstić information content (AvgIpc) is 2.42. The fourth-order valence-electron chi connectivity index (χ4n) is 1.86. The van der Waals surface area contributed by atoms with E-state index in [9.17, 15) is 9.59 Å². The van der Waals surface area contributed by atoms with Crippen molar-refractivity contribution in [1.82, 2.24) is 14.8 Å². The Morgan fingerprint density at radius 2 is 2.10 bits per heavy atom. The summed E-state index contributed by atoms with van der Waals surface area (Å²) < 4.78 is 1.32. The second-order valence-corrected chi connectivity index (χ2v) is 5.56. The SMILES string of the molecule is CC(C)N(C)CCCCNC(=O)Cn1cc(N)ccc1=O. The first kappa shape index (κ1) is 17.2. The third kappa shape index (κ3) is 6.44. The summed E-state index contributed by atoms with van der Waals surface area (Å²) in [6, 6.07) is 3.43. The number of carbonyl (C=O) groups is 1. The van der Waals surface area contributed by atoms with Crippen LogP contribution in [0.5, 0.6) is 0 Å². The standard InChI is InChI=1S/C15H26N4O2/c1-12(2)18(3)9-5-4-8-17-14(20)11-19-10-13(16)6-7-15(19)21/h6-7,10,12H,4-5,8-9,11,16H2,1-3H3,(H,17,20). The van der Waals surface area contributed by atoms with E-state index >= 15 is 0 Å². The van der Waals surface area contributed by atoms with E-state index in [0.29, 0.717) is 18.3 Å². The lowest BCUT2D eigenvalue weighted by molar-refractivity contribution is -0.121. The van der Waals surface area contributed by atoms with Crippen molar-refractivity contribution in [2.45, 2.75) is 39.3 Å². The number of amides is 1. The number of nitrogens with one attached hydrogen (secondary N) is 1. The maximum Gasteiger partial charge on any atom is 0.251 e. The molecule has 0 aliphatic carbocycles. The van der Waals surface area contributed by atoms with Crippen LogP contribution >= 0.6 is 0 Å². The van der Waals surface area contributed by atoms with Crippen LogP contribution in [0.4, 0.5) is 5.69 Å². The van der Waals surface area contributed by atoms with E-state index in [2.05, 4.69) is 31.1 Å². The molecular formula is C15H26N4O2. The summed E-state index contributed by atoms with van der Waals surface area (Å²) in [7, 11) is 2.09. The predicted octanol–water partition coefficient (Wildman–Crippen LogP) is 0.667. The lowest BCUT2D eigenvalue weighted by Crippen LogP contribution is -2.33. The Morgan fingerprint density at radius 3 is 2.76 bits per heavy atom. The van der Waals surface area contributed by atoms with Gasteiger partial charge in [0, 0.05) is 30.5 Å². The number of pyridine rings is 1. The maximum atomic E-state index is 11.8. The molecule has 6 heteroatoms. The molecule has 1 aromatic rings. The minimum atomic E-state index is -0.224. The van der Waals surface area contributed by atoms with Gasteiger partial charge in [-0.3, -0.25) is 9.59 Å². The molecule has 0 radical (unpaired) electrons. The molecule has 0 saturated carbocycles. The molecule has 6 nitrogen and oxygen atoms in total. The zero-order valence-electron chi connectivity index (χ0n) is 13.1. The molecule has 0 saturated heterocycles. The Labute approximate surface area is 125 Å². The van der Waals surface area contributed by atoms with Crippen molar-refractivity contribution < 1.29 is 4.79 Å². The third-order valence-corrected chi connectivity index (χ3v) is 3.46. The molecule has 0 spiro atoms. The smallest absolute Gasteiger partial charge is 0.251 e. The number of anilines is 1. The molecule has 118 valence electrons. The molecule has 0 aliphatic heterocycles. The summed E-state index contributed by atoms with van der Waals surface area (Å²) in [5.74, 6) is -0.167. The number of unbranched alkanes of at least 4 members (excludes halogenated alkanes) is 1. The molecule has 0 aliphatic rings. The van der Waals surface area contributed by atoms with Crippen LogP contribution in [0.3, 0.4) is 0 Å². The highest BCUT2D eigenvalue weighted by atomic mass is 16.2. The number of hydrogen-bond acceptors (Lipinski definition) is 4. The summed E-state index contributed by atoms with van der Waals surface area (Å²) in [5, 5.41) is 2.82. The zero-order chi connectivity index (χ0) is 15.8. The lowest BCUT2D eigenvalue weighted by Gasteiger charge is -2.20.